The van der Waals surface area contributed by atoms with Crippen LogP contribution < -0.4 is 5.32 Å². The molecule has 0 bridgehead atoms. The van der Waals surface area contributed by atoms with Crippen molar-refractivity contribution in [1.82, 2.24) is 5.32 Å². The third-order valence-electron chi connectivity index (χ3n) is 2.42. The number of halogens is 2. The van der Waals surface area contributed by atoms with Gasteiger partial charge in [-0.3, -0.25) is 0 Å². The van der Waals surface area contributed by atoms with Crippen LogP contribution in [0.4, 0.5) is 0 Å². The first-order valence-electron chi connectivity index (χ1n) is 5.95. The van der Waals surface area contributed by atoms with Gasteiger partial charge in [0.2, 0.25) is 0 Å². The van der Waals surface area contributed by atoms with Gasteiger partial charge in [0.05, 0.1) is 12.6 Å². The Morgan fingerprint density at radius 3 is 2.82 bits per heavy atom. The van der Waals surface area contributed by atoms with Crippen molar-refractivity contribution >= 4 is 27.5 Å². The number of ether oxygens (including phenoxy) is 1. The molecule has 0 aliphatic carbocycles. The molecule has 0 radical (unpaired) electrons. The smallest absolute Gasteiger partial charge is 0.0662 e. The Balaban J connectivity index is 2.77. The predicted molar refractivity (Wildman–Crippen MR) is 76.7 cm³/mol. The first kappa shape index (κ1) is 15.0. The number of hydrogen-bond donors (Lipinski definition) is 1. The van der Waals surface area contributed by atoms with E-state index in [0.717, 1.165) is 34.6 Å². The highest BCUT2D eigenvalue weighted by Crippen LogP contribution is 2.26. The highest BCUT2D eigenvalue weighted by Gasteiger charge is 2.14. The number of nitrogens with one attached hydrogen (secondary N) is 1. The summed E-state index contributed by atoms with van der Waals surface area (Å²) in [6, 6.07) is 6.05. The van der Waals surface area contributed by atoms with Crippen LogP contribution in [0.1, 0.15) is 31.9 Å². The van der Waals surface area contributed by atoms with Gasteiger partial charge in [0.25, 0.3) is 0 Å². The second-order valence-corrected chi connectivity index (χ2v) is 5.17. The second kappa shape index (κ2) is 8.09. The lowest BCUT2D eigenvalue weighted by Gasteiger charge is -2.19. The van der Waals surface area contributed by atoms with Crippen LogP contribution in [0.3, 0.4) is 0 Å². The average Bonchev–Trinajstić information content (AvgIpc) is 2.32. The predicted octanol–water partition coefficient (Wildman–Crippen LogP) is 4.18. The van der Waals surface area contributed by atoms with Crippen LogP contribution in [0.15, 0.2) is 22.7 Å². The molecule has 0 aliphatic heterocycles. The summed E-state index contributed by atoms with van der Waals surface area (Å²) in [7, 11) is 0. The van der Waals surface area contributed by atoms with Crippen molar-refractivity contribution in [3.05, 3.63) is 33.3 Å². The van der Waals surface area contributed by atoms with Crippen molar-refractivity contribution in [2.75, 3.05) is 19.8 Å². The third kappa shape index (κ3) is 4.96. The molecular weight excluding hydrogens is 302 g/mol. The normalized spacial score (nSPS) is 12.7. The molecule has 96 valence electrons. The fraction of sp³-hybridized carbons (Fsp3) is 0.538. The summed E-state index contributed by atoms with van der Waals surface area (Å²) in [5.74, 6) is 0. The molecule has 0 aromatic heterocycles. The lowest BCUT2D eigenvalue weighted by molar-refractivity contribution is 0.112. The maximum atomic E-state index is 6.22. The molecule has 1 unspecified atom stereocenters. The molecule has 0 spiro atoms. The van der Waals surface area contributed by atoms with E-state index in [1.165, 1.54) is 0 Å². The molecule has 0 saturated carbocycles. The highest BCUT2D eigenvalue weighted by atomic mass is 79.9. The van der Waals surface area contributed by atoms with E-state index in [0.29, 0.717) is 6.61 Å². The summed E-state index contributed by atoms with van der Waals surface area (Å²) in [6.45, 7) is 6.52. The number of hydrogen-bond acceptors (Lipinski definition) is 2. The first-order chi connectivity index (χ1) is 8.19. The van der Waals surface area contributed by atoms with Crippen molar-refractivity contribution in [1.29, 1.82) is 0 Å². The standard InChI is InChI=1S/C13H19BrClNO/c1-3-7-17-9-13(16-4-2)11-8-10(14)5-6-12(11)15/h5-6,8,13,16H,3-4,7,9H2,1-2H3. The van der Waals surface area contributed by atoms with Crippen LogP contribution in [0, 0.1) is 0 Å². The molecule has 0 saturated heterocycles. The molecule has 0 amide bonds. The van der Waals surface area contributed by atoms with E-state index >= 15 is 0 Å². The molecule has 4 heteroatoms. The minimum absolute atomic E-state index is 0.150. The first-order valence-corrected chi connectivity index (χ1v) is 7.12. The van der Waals surface area contributed by atoms with Gasteiger partial charge in [-0.2, -0.15) is 0 Å². The molecule has 1 aromatic carbocycles. The van der Waals surface area contributed by atoms with E-state index in [4.69, 9.17) is 16.3 Å². The van der Waals surface area contributed by atoms with Crippen molar-refractivity contribution in [3.63, 3.8) is 0 Å². The van der Waals surface area contributed by atoms with Crippen LogP contribution in [-0.2, 0) is 4.74 Å². The van der Waals surface area contributed by atoms with Crippen molar-refractivity contribution in [3.8, 4) is 0 Å². The molecule has 0 heterocycles. The Morgan fingerprint density at radius 2 is 2.18 bits per heavy atom. The number of likely N-dealkylation sites (N-methyl/N-ethyl adjacent to an activating group) is 1. The largest absolute Gasteiger partial charge is 0.379 e. The van der Waals surface area contributed by atoms with Gasteiger partial charge in [-0.15, -0.1) is 0 Å². The molecule has 1 N–H and O–H groups in total. The fourth-order valence-corrected chi connectivity index (χ4v) is 2.26. The monoisotopic (exact) mass is 319 g/mol. The van der Waals surface area contributed by atoms with Gasteiger partial charge in [-0.05, 0) is 36.7 Å². The minimum atomic E-state index is 0.150. The van der Waals surface area contributed by atoms with Gasteiger partial charge in [0.1, 0.15) is 0 Å². The molecule has 2 nitrogen and oxygen atoms in total. The van der Waals surface area contributed by atoms with Crippen LogP contribution in [0.5, 0.6) is 0 Å². The number of benzene rings is 1. The molecule has 0 fully saturated rings. The Hall–Kier alpha value is -0.0900. The Morgan fingerprint density at radius 1 is 1.41 bits per heavy atom. The van der Waals surface area contributed by atoms with Crippen LogP contribution >= 0.6 is 27.5 Å². The van der Waals surface area contributed by atoms with Crippen molar-refractivity contribution in [2.45, 2.75) is 26.3 Å². The average molecular weight is 321 g/mol. The summed E-state index contributed by atoms with van der Waals surface area (Å²) in [5, 5.41) is 4.17. The molecular formula is C13H19BrClNO. The van der Waals surface area contributed by atoms with Gasteiger partial charge in [0.15, 0.2) is 0 Å². The van der Waals surface area contributed by atoms with Crippen molar-refractivity contribution in [2.24, 2.45) is 0 Å². The lowest BCUT2D eigenvalue weighted by atomic mass is 10.1. The zero-order chi connectivity index (χ0) is 12.7. The maximum Gasteiger partial charge on any atom is 0.0662 e. The SMILES string of the molecule is CCCOCC(NCC)c1cc(Br)ccc1Cl. The summed E-state index contributed by atoms with van der Waals surface area (Å²) >= 11 is 9.69. The van der Waals surface area contributed by atoms with E-state index in [1.54, 1.807) is 0 Å². The zero-order valence-corrected chi connectivity index (χ0v) is 12.6. The summed E-state index contributed by atoms with van der Waals surface area (Å²) in [6.07, 6.45) is 1.03. The third-order valence-corrected chi connectivity index (χ3v) is 3.25. The van der Waals surface area contributed by atoms with Crippen molar-refractivity contribution < 1.29 is 4.74 Å². The number of rotatable bonds is 7. The molecule has 1 rings (SSSR count). The highest BCUT2D eigenvalue weighted by molar-refractivity contribution is 9.10. The lowest BCUT2D eigenvalue weighted by Crippen LogP contribution is -2.25. The molecule has 0 aliphatic rings. The molecule has 1 aromatic rings. The van der Waals surface area contributed by atoms with Gasteiger partial charge >= 0.3 is 0 Å². The topological polar surface area (TPSA) is 21.3 Å². The summed E-state index contributed by atoms with van der Waals surface area (Å²) in [4.78, 5) is 0. The Labute approximate surface area is 117 Å². The Bertz CT molecular complexity index is 346. The van der Waals surface area contributed by atoms with Gasteiger partial charge < -0.3 is 10.1 Å². The molecule has 17 heavy (non-hydrogen) atoms. The van der Waals surface area contributed by atoms with Gasteiger partial charge in [-0.1, -0.05) is 41.4 Å². The van der Waals surface area contributed by atoms with E-state index in [2.05, 4.69) is 35.1 Å². The van der Waals surface area contributed by atoms with E-state index in [1.807, 2.05) is 18.2 Å². The summed E-state index contributed by atoms with van der Waals surface area (Å²) < 4.78 is 6.65. The summed E-state index contributed by atoms with van der Waals surface area (Å²) in [5.41, 5.74) is 1.08. The van der Waals surface area contributed by atoms with Gasteiger partial charge in [-0.25, -0.2) is 0 Å². The maximum absolute atomic E-state index is 6.22. The minimum Gasteiger partial charge on any atom is -0.379 e. The fourth-order valence-electron chi connectivity index (χ4n) is 1.63. The van der Waals surface area contributed by atoms with Crippen LogP contribution in [0.25, 0.3) is 0 Å². The van der Waals surface area contributed by atoms with E-state index < -0.39 is 0 Å². The zero-order valence-electron chi connectivity index (χ0n) is 10.3. The van der Waals surface area contributed by atoms with Gasteiger partial charge in [0, 0.05) is 16.1 Å². The van der Waals surface area contributed by atoms with Crippen LogP contribution in [-0.4, -0.2) is 19.8 Å². The van der Waals surface area contributed by atoms with E-state index in [-0.39, 0.29) is 6.04 Å². The Kier molecular flexibility index (Phi) is 7.12. The second-order valence-electron chi connectivity index (χ2n) is 3.85. The quantitative estimate of drug-likeness (QED) is 0.761. The molecule has 1 atom stereocenters. The van der Waals surface area contributed by atoms with E-state index in [9.17, 15) is 0 Å². The van der Waals surface area contributed by atoms with Crippen LogP contribution in [0.2, 0.25) is 5.02 Å².